The molecule has 0 spiro atoms. The van der Waals surface area contributed by atoms with E-state index in [0.29, 0.717) is 50.2 Å². The van der Waals surface area contributed by atoms with Gasteiger partial charge in [-0.2, -0.15) is 0 Å². The third kappa shape index (κ3) is 10.4. The molecule has 1 aromatic carbocycles. The number of rotatable bonds is 11. The van der Waals surface area contributed by atoms with Crippen molar-refractivity contribution in [1.82, 2.24) is 29.7 Å². The van der Waals surface area contributed by atoms with E-state index in [9.17, 15) is 24.3 Å². The zero-order valence-corrected chi connectivity index (χ0v) is 38.8. The standard InChI is InChI=1S/C45H71N7O10/c1-13-36-45(9)39(51(43(57)62-45)20-15-14-19-50-25-34(47-48-50)32-17-16-18-33(46)22-32)30(6)52(31(7)53)24-26(2)23-44(8,58-12)40(28(4)37(54)29(5)41(56)60-36)61-42-38(55)35(49(10)11)21-27(3)59-42/h16-18,22,25-30,35-36,38-40,42,55H,13-15,19-21,23-24,46H2,1-12H3/t26-,27-,28-,29-,30-,35?,36-,38?,39-,40-,42+,44-,45-/m1/s1. The first-order valence-electron chi connectivity index (χ1n) is 22.1. The SMILES string of the molecule is CC[C@H]1OC(=O)[C@H](C)C(=O)[C@@H](C)[C@@H](O[C@@H]2O[C@H](C)CC(N(C)C)C2O)[C@](C)(OC)C[C@@H](C)CN(C(C)=O)[C@H](C)[C@H]2N(CCCCn3cc(-c4cccc(N)c4)nn3)C(=O)O[C@]12C. The number of esters is 1. The largest absolute Gasteiger partial charge is 0.458 e. The number of ketones is 1. The number of unbranched alkanes of at least 4 members (excludes halogenated alkanes) is 1. The number of carbonyl (C=O) groups is 4. The number of anilines is 1. The number of amides is 2. The minimum Gasteiger partial charge on any atom is -0.458 e. The number of nitrogens with two attached hydrogens (primary N) is 1. The summed E-state index contributed by atoms with van der Waals surface area (Å²) in [7, 11) is 5.31. The summed E-state index contributed by atoms with van der Waals surface area (Å²) in [5.41, 5.74) is 5.59. The number of fused-ring (bicyclic) bond motifs is 1. The summed E-state index contributed by atoms with van der Waals surface area (Å²) in [6, 6.07) is 5.82. The molecule has 4 heterocycles. The number of hydrogen-bond acceptors (Lipinski definition) is 14. The molecule has 17 nitrogen and oxygen atoms in total. The van der Waals surface area contributed by atoms with Crippen LogP contribution in [0.1, 0.15) is 94.4 Å². The minimum absolute atomic E-state index is 0.214. The van der Waals surface area contributed by atoms with E-state index in [4.69, 9.17) is 29.4 Å². The van der Waals surface area contributed by atoms with Crippen molar-refractivity contribution in [2.75, 3.05) is 40.0 Å². The Kier molecular flexibility index (Phi) is 15.9. The van der Waals surface area contributed by atoms with Gasteiger partial charge in [-0.3, -0.25) is 24.0 Å². The Morgan fingerprint density at radius 3 is 2.40 bits per heavy atom. The molecule has 0 aliphatic carbocycles. The van der Waals surface area contributed by atoms with Crippen molar-refractivity contribution in [3.63, 3.8) is 0 Å². The van der Waals surface area contributed by atoms with Gasteiger partial charge in [-0.1, -0.05) is 38.1 Å². The number of benzene rings is 1. The summed E-state index contributed by atoms with van der Waals surface area (Å²) in [5.74, 6) is -3.84. The third-order valence-electron chi connectivity index (χ3n) is 13.4. The van der Waals surface area contributed by atoms with E-state index in [1.807, 2.05) is 84.1 Å². The molecule has 3 N–H and O–H groups in total. The fraction of sp³-hybridized carbons (Fsp3) is 0.733. The van der Waals surface area contributed by atoms with Crippen molar-refractivity contribution in [3.8, 4) is 11.3 Å². The van der Waals surface area contributed by atoms with Crippen molar-refractivity contribution in [2.24, 2.45) is 17.8 Å². The normalized spacial score (nSPS) is 35.3. The van der Waals surface area contributed by atoms with Crippen molar-refractivity contribution in [1.29, 1.82) is 0 Å². The van der Waals surface area contributed by atoms with Gasteiger partial charge in [-0.05, 0) is 98.9 Å². The molecule has 0 saturated carbocycles. The fourth-order valence-electron chi connectivity index (χ4n) is 10.0. The highest BCUT2D eigenvalue weighted by Crippen LogP contribution is 2.41. The van der Waals surface area contributed by atoms with Gasteiger partial charge >= 0.3 is 12.1 Å². The van der Waals surface area contributed by atoms with E-state index in [-0.39, 0.29) is 36.9 Å². The lowest BCUT2D eigenvalue weighted by molar-refractivity contribution is -0.295. The average Bonchev–Trinajstić information content (AvgIpc) is 3.80. The second-order valence-corrected chi connectivity index (χ2v) is 18.5. The van der Waals surface area contributed by atoms with Crippen molar-refractivity contribution in [2.45, 2.75) is 161 Å². The molecule has 5 rings (SSSR count). The summed E-state index contributed by atoms with van der Waals surface area (Å²) in [6.07, 6.45) is -0.698. The molecule has 3 aliphatic heterocycles. The molecular formula is C45H71N7O10. The van der Waals surface area contributed by atoms with Gasteiger partial charge in [0, 0.05) is 56.9 Å². The molecule has 1 aromatic heterocycles. The van der Waals surface area contributed by atoms with E-state index in [1.54, 1.807) is 35.4 Å². The lowest BCUT2D eigenvalue weighted by Crippen LogP contribution is -2.62. The Morgan fingerprint density at radius 2 is 1.77 bits per heavy atom. The number of hydrogen-bond donors (Lipinski definition) is 2. The maximum Gasteiger partial charge on any atom is 0.410 e. The Hall–Kier alpha value is -4.16. The molecule has 17 heteroatoms. The monoisotopic (exact) mass is 870 g/mol. The summed E-state index contributed by atoms with van der Waals surface area (Å²) in [5, 5.41) is 20.1. The number of aliphatic hydroxyl groups excluding tert-OH is 1. The van der Waals surface area contributed by atoms with Crippen LogP contribution in [0.5, 0.6) is 0 Å². The number of cyclic esters (lactones) is 1. The number of aliphatic hydroxyl groups is 1. The lowest BCUT2D eigenvalue weighted by Gasteiger charge is -2.47. The Morgan fingerprint density at radius 1 is 1.08 bits per heavy atom. The van der Waals surface area contributed by atoms with Crippen molar-refractivity contribution < 1.29 is 48.0 Å². The van der Waals surface area contributed by atoms with E-state index in [2.05, 4.69) is 10.3 Å². The number of aryl methyl sites for hydroxylation is 1. The minimum atomic E-state index is -1.40. The summed E-state index contributed by atoms with van der Waals surface area (Å²) in [4.78, 5) is 61.7. The predicted octanol–water partition coefficient (Wildman–Crippen LogP) is 4.54. The van der Waals surface area contributed by atoms with Crippen LogP contribution in [0.15, 0.2) is 30.5 Å². The Bertz CT molecular complexity index is 1880. The molecular weight excluding hydrogens is 799 g/mol. The highest BCUT2D eigenvalue weighted by atomic mass is 16.7. The number of carbonyl (C=O) groups excluding carboxylic acids is 4. The molecule has 13 atom stereocenters. The first kappa shape index (κ1) is 48.9. The van der Waals surface area contributed by atoms with Crippen molar-refractivity contribution in [3.05, 3.63) is 30.5 Å². The number of Topliss-reactive ketones (excluding diaryl/α,β-unsaturated/α-hetero) is 1. The first-order valence-corrected chi connectivity index (χ1v) is 22.1. The summed E-state index contributed by atoms with van der Waals surface area (Å²) in [6.45, 7) is 17.0. The first-order chi connectivity index (χ1) is 29.1. The van der Waals surface area contributed by atoms with E-state index in [1.165, 1.54) is 13.8 Å². The van der Waals surface area contributed by atoms with Crippen LogP contribution in [0.4, 0.5) is 10.5 Å². The van der Waals surface area contributed by atoms with Gasteiger partial charge in [0.2, 0.25) is 5.91 Å². The van der Waals surface area contributed by atoms with Crippen LogP contribution in [-0.2, 0) is 44.6 Å². The van der Waals surface area contributed by atoms with Gasteiger partial charge in [0.05, 0.1) is 36.1 Å². The van der Waals surface area contributed by atoms with Gasteiger partial charge in [0.1, 0.15) is 23.8 Å². The van der Waals surface area contributed by atoms with Crippen LogP contribution in [0.25, 0.3) is 11.3 Å². The second kappa shape index (κ2) is 20.1. The van der Waals surface area contributed by atoms with E-state index >= 15 is 0 Å². The molecule has 62 heavy (non-hydrogen) atoms. The van der Waals surface area contributed by atoms with Crippen LogP contribution >= 0.6 is 0 Å². The van der Waals surface area contributed by atoms with Crippen LogP contribution in [0.2, 0.25) is 0 Å². The molecule has 3 fully saturated rings. The zero-order valence-electron chi connectivity index (χ0n) is 38.8. The zero-order chi connectivity index (χ0) is 45.8. The number of likely N-dealkylation sites (N-methyl/N-ethyl adjacent to an activating group) is 1. The van der Waals surface area contributed by atoms with Gasteiger partial charge in [-0.25, -0.2) is 4.79 Å². The molecule has 0 radical (unpaired) electrons. The lowest BCUT2D eigenvalue weighted by atomic mass is 9.78. The molecule has 2 unspecified atom stereocenters. The average molecular weight is 870 g/mol. The van der Waals surface area contributed by atoms with Gasteiger partial charge in [-0.15, -0.1) is 5.10 Å². The van der Waals surface area contributed by atoms with Gasteiger partial charge < -0.3 is 44.3 Å². The highest BCUT2D eigenvalue weighted by Gasteiger charge is 2.60. The molecule has 2 amide bonds. The predicted molar refractivity (Wildman–Crippen MR) is 231 cm³/mol. The number of nitrogen functional groups attached to an aromatic ring is 1. The smallest absolute Gasteiger partial charge is 0.410 e. The summed E-state index contributed by atoms with van der Waals surface area (Å²) >= 11 is 0. The maximum atomic E-state index is 14.5. The fourth-order valence-corrected chi connectivity index (χ4v) is 10.0. The Balaban J connectivity index is 1.45. The van der Waals surface area contributed by atoms with E-state index in [0.717, 1.165) is 5.56 Å². The highest BCUT2D eigenvalue weighted by molar-refractivity contribution is 6.00. The number of methoxy groups -OCH3 is 1. The second-order valence-electron chi connectivity index (χ2n) is 18.5. The topological polar surface area (TPSA) is 201 Å². The Labute approximate surface area is 366 Å². The van der Waals surface area contributed by atoms with Gasteiger partial charge in [0.25, 0.3) is 0 Å². The van der Waals surface area contributed by atoms with Crippen LogP contribution in [0.3, 0.4) is 0 Å². The molecule has 3 saturated heterocycles. The number of nitrogens with zero attached hydrogens (tertiary/aromatic N) is 6. The molecule has 346 valence electrons. The molecule has 3 aliphatic rings. The quantitative estimate of drug-likeness (QED) is 0.138. The molecule has 0 bridgehead atoms. The van der Waals surface area contributed by atoms with Crippen LogP contribution < -0.4 is 5.73 Å². The summed E-state index contributed by atoms with van der Waals surface area (Å²) < 4.78 is 33.3. The molecule has 2 aromatic rings. The maximum absolute atomic E-state index is 14.5. The van der Waals surface area contributed by atoms with Gasteiger partial charge in [0.15, 0.2) is 17.7 Å². The third-order valence-corrected chi connectivity index (χ3v) is 13.4. The number of ether oxygens (including phenoxy) is 5. The number of aromatic nitrogens is 3. The van der Waals surface area contributed by atoms with Crippen molar-refractivity contribution >= 4 is 29.4 Å². The van der Waals surface area contributed by atoms with Crippen LogP contribution in [-0.4, -0.2) is 153 Å². The van der Waals surface area contributed by atoms with Crippen LogP contribution in [0, 0.1) is 17.8 Å². The van der Waals surface area contributed by atoms with E-state index < -0.39 is 77.6 Å².